The van der Waals surface area contributed by atoms with Crippen LogP contribution in [0, 0.1) is 0 Å². The minimum atomic E-state index is -1.34. The van der Waals surface area contributed by atoms with Crippen molar-refractivity contribution in [3.8, 4) is 0 Å². The number of amides is 4. The Kier molecular flexibility index (Phi) is 12.7. The summed E-state index contributed by atoms with van der Waals surface area (Å²) in [5.41, 5.74) is 11.5. The van der Waals surface area contributed by atoms with Crippen LogP contribution in [0.1, 0.15) is 31.7 Å². The van der Waals surface area contributed by atoms with Gasteiger partial charge in [0.25, 0.3) is 0 Å². The fourth-order valence-corrected chi connectivity index (χ4v) is 3.43. The Hall–Kier alpha value is -3.12. The molecule has 4 unspecified atom stereocenters. The van der Waals surface area contributed by atoms with Gasteiger partial charge in [-0.3, -0.25) is 19.2 Å². The van der Waals surface area contributed by atoms with Gasteiger partial charge >= 0.3 is 5.97 Å². The van der Waals surface area contributed by atoms with Crippen molar-refractivity contribution in [3.05, 3.63) is 35.9 Å². The number of nitrogens with one attached hydrogen (secondary N) is 3. The van der Waals surface area contributed by atoms with Gasteiger partial charge in [-0.15, -0.1) is 0 Å². The maximum absolute atomic E-state index is 13.1. The molecule has 34 heavy (non-hydrogen) atoms. The van der Waals surface area contributed by atoms with Gasteiger partial charge in [-0.1, -0.05) is 30.3 Å². The lowest BCUT2D eigenvalue weighted by atomic mass is 10.0. The minimum absolute atomic E-state index is 0.165. The molecule has 8 N–H and O–H groups in total. The van der Waals surface area contributed by atoms with E-state index in [1.165, 1.54) is 18.7 Å². The third-order valence-electron chi connectivity index (χ3n) is 4.87. The van der Waals surface area contributed by atoms with Crippen molar-refractivity contribution in [1.29, 1.82) is 0 Å². The number of carbonyl (C=O) groups excluding carboxylic acids is 4. The van der Waals surface area contributed by atoms with Gasteiger partial charge in [-0.2, -0.15) is 11.8 Å². The molecule has 0 spiro atoms. The van der Waals surface area contributed by atoms with Gasteiger partial charge in [0, 0.05) is 12.8 Å². The molecule has 0 aliphatic heterocycles. The maximum atomic E-state index is 13.1. The van der Waals surface area contributed by atoms with E-state index < -0.39 is 53.8 Å². The molecule has 11 nitrogen and oxygen atoms in total. The first kappa shape index (κ1) is 28.9. The zero-order valence-corrected chi connectivity index (χ0v) is 20.1. The number of hydrogen-bond donors (Lipinski definition) is 6. The molecule has 0 aliphatic carbocycles. The van der Waals surface area contributed by atoms with Crippen LogP contribution in [-0.4, -0.2) is 70.9 Å². The Labute approximate surface area is 202 Å². The monoisotopic (exact) mass is 495 g/mol. The second-order valence-electron chi connectivity index (χ2n) is 7.79. The third-order valence-corrected chi connectivity index (χ3v) is 5.51. The second kappa shape index (κ2) is 14.9. The standard InChI is InChI=1S/C22H33N5O6S/c1-13(23)19(29)27-17(12-14-6-4-3-5-7-14)21(31)25-15(10-11-34-2)20(30)26-16(22(32)33)8-9-18(24)28/h3-7,13,15-17H,8-12,23H2,1-2H3,(H2,24,28)(H,25,31)(H,26,30)(H,27,29)(H,32,33). The summed E-state index contributed by atoms with van der Waals surface area (Å²) in [4.78, 5) is 60.6. The van der Waals surface area contributed by atoms with Gasteiger partial charge in [0.1, 0.15) is 18.1 Å². The predicted molar refractivity (Wildman–Crippen MR) is 129 cm³/mol. The van der Waals surface area contributed by atoms with Crippen molar-refractivity contribution in [2.24, 2.45) is 11.5 Å². The van der Waals surface area contributed by atoms with Gasteiger partial charge in [0.15, 0.2) is 0 Å². The highest BCUT2D eigenvalue weighted by Crippen LogP contribution is 2.07. The lowest BCUT2D eigenvalue weighted by molar-refractivity contribution is -0.142. The number of hydrogen-bond acceptors (Lipinski definition) is 7. The van der Waals surface area contributed by atoms with E-state index in [9.17, 15) is 29.1 Å². The summed E-state index contributed by atoms with van der Waals surface area (Å²) in [7, 11) is 0. The van der Waals surface area contributed by atoms with E-state index in [-0.39, 0.29) is 25.7 Å². The predicted octanol–water partition coefficient (Wildman–Crippen LogP) is -0.866. The topological polar surface area (TPSA) is 194 Å². The normalized spacial score (nSPS) is 14.2. The Morgan fingerprint density at radius 2 is 1.47 bits per heavy atom. The lowest BCUT2D eigenvalue weighted by Crippen LogP contribution is -2.57. The van der Waals surface area contributed by atoms with Crippen LogP contribution in [0.25, 0.3) is 0 Å². The molecule has 0 bridgehead atoms. The number of rotatable bonds is 15. The van der Waals surface area contributed by atoms with Crippen LogP contribution in [0.2, 0.25) is 0 Å². The molecule has 1 rings (SSSR count). The van der Waals surface area contributed by atoms with Crippen LogP contribution in [0.15, 0.2) is 30.3 Å². The number of carboxylic acid groups (broad SMARTS) is 1. The average Bonchev–Trinajstić information content (AvgIpc) is 2.78. The average molecular weight is 496 g/mol. The number of carboxylic acids is 1. The SMILES string of the molecule is CSCCC(NC(=O)C(Cc1ccccc1)NC(=O)C(C)N)C(=O)NC(CCC(N)=O)C(=O)O. The zero-order valence-electron chi connectivity index (χ0n) is 19.3. The van der Waals surface area contributed by atoms with Crippen molar-refractivity contribution in [2.45, 2.75) is 56.8 Å². The van der Waals surface area contributed by atoms with Crippen LogP contribution in [0.3, 0.4) is 0 Å². The Bertz CT molecular complexity index is 851. The minimum Gasteiger partial charge on any atom is -0.480 e. The van der Waals surface area contributed by atoms with Crippen molar-refractivity contribution in [3.63, 3.8) is 0 Å². The van der Waals surface area contributed by atoms with E-state index in [2.05, 4.69) is 16.0 Å². The number of carbonyl (C=O) groups is 5. The molecule has 0 aliphatic rings. The maximum Gasteiger partial charge on any atom is 0.326 e. The lowest BCUT2D eigenvalue weighted by Gasteiger charge is -2.25. The van der Waals surface area contributed by atoms with Crippen molar-refractivity contribution < 1.29 is 29.1 Å². The summed E-state index contributed by atoms with van der Waals surface area (Å²) in [6, 6.07) is 4.76. The summed E-state index contributed by atoms with van der Waals surface area (Å²) in [5, 5.41) is 16.9. The van der Waals surface area contributed by atoms with Crippen LogP contribution in [-0.2, 0) is 30.4 Å². The molecular weight excluding hydrogens is 462 g/mol. The van der Waals surface area contributed by atoms with Crippen LogP contribution < -0.4 is 27.4 Å². The molecule has 0 saturated carbocycles. The van der Waals surface area contributed by atoms with E-state index in [1.54, 1.807) is 24.3 Å². The fourth-order valence-electron chi connectivity index (χ4n) is 2.96. The van der Waals surface area contributed by atoms with E-state index in [0.29, 0.717) is 5.75 Å². The van der Waals surface area contributed by atoms with Crippen LogP contribution in [0.5, 0.6) is 0 Å². The van der Waals surface area contributed by atoms with Crippen LogP contribution in [0.4, 0.5) is 0 Å². The van der Waals surface area contributed by atoms with Gasteiger partial charge in [-0.05, 0) is 37.3 Å². The molecule has 1 aromatic rings. The Morgan fingerprint density at radius 3 is 2.00 bits per heavy atom. The first-order chi connectivity index (χ1) is 16.0. The molecule has 12 heteroatoms. The van der Waals surface area contributed by atoms with Gasteiger partial charge in [0.2, 0.25) is 23.6 Å². The summed E-state index contributed by atoms with van der Waals surface area (Å²) >= 11 is 1.44. The second-order valence-corrected chi connectivity index (χ2v) is 8.77. The molecular formula is C22H33N5O6S. The Balaban J connectivity index is 3.01. The molecule has 4 atom stereocenters. The number of nitrogens with two attached hydrogens (primary N) is 2. The first-order valence-electron chi connectivity index (χ1n) is 10.8. The van der Waals surface area contributed by atoms with E-state index in [1.807, 2.05) is 12.3 Å². The number of benzene rings is 1. The molecule has 0 radical (unpaired) electrons. The van der Waals surface area contributed by atoms with Gasteiger partial charge in [0.05, 0.1) is 6.04 Å². The van der Waals surface area contributed by atoms with Crippen LogP contribution >= 0.6 is 11.8 Å². The third kappa shape index (κ3) is 10.7. The quantitative estimate of drug-likeness (QED) is 0.181. The van der Waals surface area contributed by atoms with E-state index in [4.69, 9.17) is 11.5 Å². The van der Waals surface area contributed by atoms with Gasteiger partial charge < -0.3 is 32.5 Å². The highest BCUT2D eigenvalue weighted by molar-refractivity contribution is 7.98. The highest BCUT2D eigenvalue weighted by atomic mass is 32.2. The largest absolute Gasteiger partial charge is 0.480 e. The molecule has 0 fully saturated rings. The molecule has 0 heterocycles. The summed E-state index contributed by atoms with van der Waals surface area (Å²) in [5.74, 6) is -3.36. The van der Waals surface area contributed by atoms with Crippen molar-refractivity contribution >= 4 is 41.4 Å². The summed E-state index contributed by atoms with van der Waals surface area (Å²) in [6.45, 7) is 1.49. The summed E-state index contributed by atoms with van der Waals surface area (Å²) < 4.78 is 0. The zero-order chi connectivity index (χ0) is 25.7. The molecule has 4 amide bonds. The van der Waals surface area contributed by atoms with Crippen molar-refractivity contribution in [2.75, 3.05) is 12.0 Å². The number of aliphatic carboxylic acids is 1. The first-order valence-corrected chi connectivity index (χ1v) is 12.1. The summed E-state index contributed by atoms with van der Waals surface area (Å²) in [6.07, 6.45) is 1.81. The Morgan fingerprint density at radius 1 is 0.912 bits per heavy atom. The highest BCUT2D eigenvalue weighted by Gasteiger charge is 2.30. The van der Waals surface area contributed by atoms with E-state index >= 15 is 0 Å². The fraction of sp³-hybridized carbons (Fsp3) is 0.500. The molecule has 0 aromatic heterocycles. The number of primary amides is 1. The smallest absolute Gasteiger partial charge is 0.326 e. The molecule has 0 saturated heterocycles. The molecule has 1 aromatic carbocycles. The number of thioether (sulfide) groups is 1. The van der Waals surface area contributed by atoms with E-state index in [0.717, 1.165) is 5.56 Å². The van der Waals surface area contributed by atoms with Gasteiger partial charge in [-0.25, -0.2) is 4.79 Å². The van der Waals surface area contributed by atoms with Crippen molar-refractivity contribution in [1.82, 2.24) is 16.0 Å². The molecule has 188 valence electrons.